The number of benzene rings is 2. The van der Waals surface area contributed by atoms with E-state index < -0.39 is 5.97 Å². The fourth-order valence-electron chi connectivity index (χ4n) is 2.74. The second kappa shape index (κ2) is 8.78. The topological polar surface area (TPSA) is 103 Å². The molecule has 31 heavy (non-hydrogen) atoms. The Kier molecular flexibility index (Phi) is 5.92. The minimum absolute atomic E-state index is 0.135. The highest BCUT2D eigenvalue weighted by Gasteiger charge is 2.12. The first-order chi connectivity index (χ1) is 14.9. The Morgan fingerprint density at radius 1 is 1.10 bits per heavy atom. The van der Waals surface area contributed by atoms with Gasteiger partial charge in [0.15, 0.2) is 0 Å². The summed E-state index contributed by atoms with van der Waals surface area (Å²) in [4.78, 5) is 41.4. The Morgan fingerprint density at radius 2 is 1.77 bits per heavy atom. The predicted molar refractivity (Wildman–Crippen MR) is 120 cm³/mol. The zero-order valence-electron chi connectivity index (χ0n) is 16.2. The van der Waals surface area contributed by atoms with E-state index in [1.165, 1.54) is 21.9 Å². The van der Waals surface area contributed by atoms with Crippen LogP contribution in [0.1, 0.15) is 31.4 Å². The molecule has 0 radical (unpaired) electrons. The molecule has 4 aromatic rings. The lowest BCUT2D eigenvalue weighted by Gasteiger charge is -2.07. The summed E-state index contributed by atoms with van der Waals surface area (Å²) in [5.41, 5.74) is 1.40. The Bertz CT molecular complexity index is 1330. The number of hydrogen-bond acceptors (Lipinski definition) is 7. The Morgan fingerprint density at radius 3 is 2.48 bits per heavy atom. The number of aromatic nitrogens is 3. The van der Waals surface area contributed by atoms with E-state index in [0.717, 1.165) is 4.47 Å². The standard InChI is InChI=1S/C21H15BrN4O4S/c1-12-25-26-18(27)10-17(24-21(26)31-12)11-30-20(29)14-4-8-16(9-5-14)23-19(28)13-2-6-15(22)7-3-13/h2-10H,11H2,1H3,(H,23,28). The lowest BCUT2D eigenvalue weighted by atomic mass is 10.2. The second-order valence-electron chi connectivity index (χ2n) is 6.52. The van der Waals surface area contributed by atoms with Crippen LogP contribution in [0.3, 0.4) is 0 Å². The normalized spacial score (nSPS) is 10.8. The maximum Gasteiger partial charge on any atom is 0.338 e. The van der Waals surface area contributed by atoms with E-state index in [1.807, 2.05) is 0 Å². The number of ether oxygens (including phenoxy) is 1. The highest BCUT2D eigenvalue weighted by Crippen LogP contribution is 2.15. The number of hydrogen-bond donors (Lipinski definition) is 1. The molecule has 8 nitrogen and oxygen atoms in total. The van der Waals surface area contributed by atoms with Crippen LogP contribution in [0.25, 0.3) is 4.96 Å². The van der Waals surface area contributed by atoms with Crippen molar-refractivity contribution in [2.75, 3.05) is 5.32 Å². The molecule has 10 heteroatoms. The number of carbonyl (C=O) groups excluding carboxylic acids is 2. The van der Waals surface area contributed by atoms with Crippen molar-refractivity contribution in [3.63, 3.8) is 0 Å². The number of esters is 1. The molecule has 0 spiro atoms. The average molecular weight is 499 g/mol. The van der Waals surface area contributed by atoms with E-state index in [-0.39, 0.29) is 18.1 Å². The first kappa shape index (κ1) is 20.9. The maximum absolute atomic E-state index is 12.3. The first-order valence-corrected chi connectivity index (χ1v) is 10.7. The van der Waals surface area contributed by atoms with Gasteiger partial charge in [0, 0.05) is 21.8 Å². The van der Waals surface area contributed by atoms with Gasteiger partial charge in [-0.2, -0.15) is 9.61 Å². The second-order valence-corrected chi connectivity index (χ2v) is 8.59. The molecule has 0 atom stereocenters. The van der Waals surface area contributed by atoms with E-state index in [4.69, 9.17) is 4.74 Å². The van der Waals surface area contributed by atoms with Crippen LogP contribution in [0, 0.1) is 6.92 Å². The summed E-state index contributed by atoms with van der Waals surface area (Å²) in [5.74, 6) is -0.817. The number of anilines is 1. The van der Waals surface area contributed by atoms with Crippen molar-refractivity contribution in [2.45, 2.75) is 13.5 Å². The van der Waals surface area contributed by atoms with Crippen LogP contribution in [0.15, 0.2) is 63.9 Å². The molecule has 2 aromatic carbocycles. The lowest BCUT2D eigenvalue weighted by molar-refractivity contribution is 0.0467. The smallest absolute Gasteiger partial charge is 0.338 e. The van der Waals surface area contributed by atoms with Crippen molar-refractivity contribution in [1.29, 1.82) is 0 Å². The first-order valence-electron chi connectivity index (χ1n) is 9.09. The quantitative estimate of drug-likeness (QED) is 0.419. The Balaban J connectivity index is 1.38. The molecule has 0 aliphatic rings. The predicted octanol–water partition coefficient (Wildman–Crippen LogP) is 3.83. The van der Waals surface area contributed by atoms with E-state index in [2.05, 4.69) is 31.3 Å². The van der Waals surface area contributed by atoms with Gasteiger partial charge < -0.3 is 10.1 Å². The summed E-state index contributed by atoms with van der Waals surface area (Å²) in [6.45, 7) is 1.65. The SMILES string of the molecule is Cc1nn2c(=O)cc(COC(=O)c3ccc(NC(=O)c4ccc(Br)cc4)cc3)nc2s1. The number of carbonyl (C=O) groups is 2. The van der Waals surface area contributed by atoms with Crippen LogP contribution < -0.4 is 10.9 Å². The third-order valence-corrected chi connectivity index (χ3v) is 5.59. The van der Waals surface area contributed by atoms with Crippen molar-refractivity contribution >= 4 is 49.8 Å². The van der Waals surface area contributed by atoms with Gasteiger partial charge in [-0.3, -0.25) is 9.59 Å². The Hall–Kier alpha value is -3.37. The maximum atomic E-state index is 12.3. The largest absolute Gasteiger partial charge is 0.456 e. The van der Waals surface area contributed by atoms with Gasteiger partial charge >= 0.3 is 5.97 Å². The lowest BCUT2D eigenvalue weighted by Crippen LogP contribution is -2.16. The summed E-state index contributed by atoms with van der Waals surface area (Å²) < 4.78 is 7.37. The van der Waals surface area contributed by atoms with E-state index >= 15 is 0 Å². The zero-order chi connectivity index (χ0) is 22.0. The van der Waals surface area contributed by atoms with Gasteiger partial charge in [0.25, 0.3) is 11.5 Å². The third-order valence-electron chi connectivity index (χ3n) is 4.24. The number of fused-ring (bicyclic) bond motifs is 1. The van der Waals surface area contributed by atoms with Crippen LogP contribution in [0.2, 0.25) is 0 Å². The highest BCUT2D eigenvalue weighted by molar-refractivity contribution is 9.10. The molecule has 0 fully saturated rings. The van der Waals surface area contributed by atoms with Gasteiger partial charge in [0.2, 0.25) is 4.96 Å². The molecule has 0 aliphatic heterocycles. The van der Waals surface area contributed by atoms with Gasteiger partial charge in [-0.25, -0.2) is 9.78 Å². The number of halogens is 1. The molecule has 0 unspecified atom stereocenters. The molecular formula is C21H15BrN4O4S. The molecule has 0 bridgehead atoms. The van der Waals surface area contributed by atoms with Crippen LogP contribution in [-0.4, -0.2) is 26.5 Å². The Labute approximate surface area is 188 Å². The summed E-state index contributed by atoms with van der Waals surface area (Å²) in [6, 6.07) is 14.6. The molecule has 4 rings (SSSR count). The van der Waals surface area contributed by atoms with Crippen LogP contribution in [0.5, 0.6) is 0 Å². The number of nitrogens with zero attached hydrogens (tertiary/aromatic N) is 3. The monoisotopic (exact) mass is 498 g/mol. The van der Waals surface area contributed by atoms with Crippen molar-refractivity contribution in [3.05, 3.63) is 91.3 Å². The van der Waals surface area contributed by atoms with Crippen LogP contribution in [0.4, 0.5) is 5.69 Å². The number of amides is 1. The molecule has 1 amide bonds. The zero-order valence-corrected chi connectivity index (χ0v) is 18.6. The van der Waals surface area contributed by atoms with E-state index in [0.29, 0.717) is 32.5 Å². The average Bonchev–Trinajstić information content (AvgIpc) is 3.14. The summed E-state index contributed by atoms with van der Waals surface area (Å²) in [6.07, 6.45) is 0. The van der Waals surface area contributed by atoms with E-state index in [1.54, 1.807) is 55.5 Å². The molecule has 1 N–H and O–H groups in total. The fraction of sp³-hybridized carbons (Fsp3) is 0.0952. The minimum atomic E-state index is -0.562. The van der Waals surface area contributed by atoms with Crippen molar-refractivity contribution in [1.82, 2.24) is 14.6 Å². The molecular weight excluding hydrogens is 484 g/mol. The summed E-state index contributed by atoms with van der Waals surface area (Å²) in [5, 5.41) is 7.55. The highest BCUT2D eigenvalue weighted by atomic mass is 79.9. The van der Waals surface area contributed by atoms with Crippen molar-refractivity contribution < 1.29 is 14.3 Å². The fourth-order valence-corrected chi connectivity index (χ4v) is 3.77. The number of nitrogens with one attached hydrogen (secondary N) is 1. The number of aryl methyl sites for hydroxylation is 1. The van der Waals surface area contributed by atoms with Gasteiger partial charge in [0.05, 0.1) is 11.3 Å². The molecule has 0 saturated carbocycles. The van der Waals surface area contributed by atoms with Crippen LogP contribution >= 0.6 is 27.3 Å². The summed E-state index contributed by atoms with van der Waals surface area (Å²) >= 11 is 4.61. The number of rotatable bonds is 5. The summed E-state index contributed by atoms with van der Waals surface area (Å²) in [7, 11) is 0. The minimum Gasteiger partial charge on any atom is -0.456 e. The molecule has 156 valence electrons. The third kappa shape index (κ3) is 4.86. The van der Waals surface area contributed by atoms with Gasteiger partial charge in [0.1, 0.15) is 11.6 Å². The molecule has 2 aromatic heterocycles. The van der Waals surface area contributed by atoms with E-state index in [9.17, 15) is 14.4 Å². The van der Waals surface area contributed by atoms with Gasteiger partial charge in [-0.1, -0.05) is 27.3 Å². The van der Waals surface area contributed by atoms with Crippen molar-refractivity contribution in [3.8, 4) is 0 Å². The molecule has 0 aliphatic carbocycles. The van der Waals surface area contributed by atoms with Gasteiger partial charge in [-0.05, 0) is 55.5 Å². The van der Waals surface area contributed by atoms with Gasteiger partial charge in [-0.15, -0.1) is 0 Å². The van der Waals surface area contributed by atoms with Crippen LogP contribution in [-0.2, 0) is 11.3 Å². The van der Waals surface area contributed by atoms with Crippen molar-refractivity contribution in [2.24, 2.45) is 0 Å². The molecule has 2 heterocycles. The molecule has 0 saturated heterocycles.